The van der Waals surface area contributed by atoms with Gasteiger partial charge in [0.15, 0.2) is 0 Å². The number of cyclic esters (lactones) is 1. The lowest BCUT2D eigenvalue weighted by Crippen LogP contribution is -2.50. The molecule has 1 heterocycles. The SMILES string of the molecule is CC[C@@H](CC(C)C)NN1C(=O)OC[C@@H]1Cc1ccccc1. The Balaban J connectivity index is 1.99. The lowest BCUT2D eigenvalue weighted by molar-refractivity contribution is 0.125. The molecule has 1 N–H and O–H groups in total. The highest BCUT2D eigenvalue weighted by atomic mass is 16.6. The number of amides is 1. The van der Waals surface area contributed by atoms with Crippen molar-refractivity contribution in [2.24, 2.45) is 5.92 Å². The number of rotatable bonds is 7. The quantitative estimate of drug-likeness (QED) is 0.837. The highest BCUT2D eigenvalue weighted by Crippen LogP contribution is 2.17. The summed E-state index contributed by atoms with van der Waals surface area (Å²) in [5, 5.41) is 1.70. The fourth-order valence-electron chi connectivity index (χ4n) is 2.73. The molecule has 1 aromatic carbocycles. The topological polar surface area (TPSA) is 41.6 Å². The summed E-state index contributed by atoms with van der Waals surface area (Å²) in [7, 11) is 0. The maximum Gasteiger partial charge on any atom is 0.424 e. The maximum atomic E-state index is 12.0. The molecule has 0 saturated carbocycles. The molecule has 1 amide bonds. The van der Waals surface area contributed by atoms with E-state index in [-0.39, 0.29) is 12.1 Å². The van der Waals surface area contributed by atoms with Crippen molar-refractivity contribution < 1.29 is 9.53 Å². The van der Waals surface area contributed by atoms with Crippen LogP contribution in [0.3, 0.4) is 0 Å². The zero-order valence-corrected chi connectivity index (χ0v) is 13.2. The van der Waals surface area contributed by atoms with Crippen LogP contribution < -0.4 is 5.43 Å². The first-order valence-corrected chi connectivity index (χ1v) is 7.86. The van der Waals surface area contributed by atoms with Crippen molar-refractivity contribution in [3.05, 3.63) is 35.9 Å². The number of hydrazine groups is 1. The number of carbonyl (C=O) groups excluding carboxylic acids is 1. The molecule has 1 fully saturated rings. The van der Waals surface area contributed by atoms with Gasteiger partial charge < -0.3 is 4.74 Å². The van der Waals surface area contributed by atoms with Crippen molar-refractivity contribution in [2.45, 2.75) is 52.1 Å². The van der Waals surface area contributed by atoms with Gasteiger partial charge in [-0.3, -0.25) is 0 Å². The van der Waals surface area contributed by atoms with Gasteiger partial charge in [0, 0.05) is 6.04 Å². The van der Waals surface area contributed by atoms with Gasteiger partial charge in [0.05, 0.1) is 6.04 Å². The van der Waals surface area contributed by atoms with Crippen LogP contribution in [-0.2, 0) is 11.2 Å². The van der Waals surface area contributed by atoms with Gasteiger partial charge in [-0.15, -0.1) is 0 Å². The molecule has 4 nitrogen and oxygen atoms in total. The minimum atomic E-state index is -0.252. The third-order valence-electron chi connectivity index (χ3n) is 3.85. The molecule has 1 aliphatic rings. The molecule has 0 spiro atoms. The van der Waals surface area contributed by atoms with Crippen LogP contribution in [0, 0.1) is 5.92 Å². The lowest BCUT2D eigenvalue weighted by atomic mass is 10.0. The first-order valence-electron chi connectivity index (χ1n) is 7.86. The smallest absolute Gasteiger partial charge is 0.424 e. The van der Waals surface area contributed by atoms with Crippen molar-refractivity contribution in [1.29, 1.82) is 0 Å². The fraction of sp³-hybridized carbons (Fsp3) is 0.588. The van der Waals surface area contributed by atoms with Crippen LogP contribution in [0.15, 0.2) is 30.3 Å². The van der Waals surface area contributed by atoms with E-state index in [4.69, 9.17) is 4.74 Å². The van der Waals surface area contributed by atoms with Crippen molar-refractivity contribution >= 4 is 6.09 Å². The molecule has 1 saturated heterocycles. The Labute approximate surface area is 127 Å². The van der Waals surface area contributed by atoms with E-state index in [9.17, 15) is 4.79 Å². The number of carbonyl (C=O) groups is 1. The average molecular weight is 290 g/mol. The first-order chi connectivity index (χ1) is 10.1. The Hall–Kier alpha value is -1.55. The predicted molar refractivity (Wildman–Crippen MR) is 83.8 cm³/mol. The monoisotopic (exact) mass is 290 g/mol. The number of nitrogens with zero attached hydrogens (tertiary/aromatic N) is 1. The molecule has 1 aliphatic heterocycles. The summed E-state index contributed by atoms with van der Waals surface area (Å²) in [6, 6.07) is 10.6. The van der Waals surface area contributed by atoms with Crippen molar-refractivity contribution in [1.82, 2.24) is 10.4 Å². The summed E-state index contributed by atoms with van der Waals surface area (Å²) in [6.45, 7) is 7.01. The van der Waals surface area contributed by atoms with E-state index in [1.807, 2.05) is 18.2 Å². The molecular weight excluding hydrogens is 264 g/mol. The van der Waals surface area contributed by atoms with Crippen LogP contribution in [0.4, 0.5) is 4.79 Å². The second-order valence-corrected chi connectivity index (χ2v) is 6.15. The highest BCUT2D eigenvalue weighted by Gasteiger charge is 2.34. The zero-order valence-electron chi connectivity index (χ0n) is 13.2. The summed E-state index contributed by atoms with van der Waals surface area (Å²) in [6.07, 6.45) is 2.62. The van der Waals surface area contributed by atoms with Crippen molar-refractivity contribution in [3.63, 3.8) is 0 Å². The van der Waals surface area contributed by atoms with Gasteiger partial charge in [-0.1, -0.05) is 51.1 Å². The lowest BCUT2D eigenvalue weighted by Gasteiger charge is -2.28. The largest absolute Gasteiger partial charge is 0.446 e. The van der Waals surface area contributed by atoms with Crippen LogP contribution in [-0.4, -0.2) is 29.8 Å². The minimum Gasteiger partial charge on any atom is -0.446 e. The summed E-state index contributed by atoms with van der Waals surface area (Å²) >= 11 is 0. The number of hydrogen-bond donors (Lipinski definition) is 1. The number of ether oxygens (including phenoxy) is 1. The molecule has 1 aromatic rings. The molecule has 2 rings (SSSR count). The maximum absolute atomic E-state index is 12.0. The van der Waals surface area contributed by atoms with Gasteiger partial charge in [-0.05, 0) is 30.7 Å². The van der Waals surface area contributed by atoms with Crippen molar-refractivity contribution in [3.8, 4) is 0 Å². The van der Waals surface area contributed by atoms with E-state index in [1.54, 1.807) is 5.01 Å². The highest BCUT2D eigenvalue weighted by molar-refractivity contribution is 5.69. The van der Waals surface area contributed by atoms with E-state index in [0.29, 0.717) is 18.6 Å². The second-order valence-electron chi connectivity index (χ2n) is 6.15. The summed E-state index contributed by atoms with van der Waals surface area (Å²) in [5.74, 6) is 0.605. The van der Waals surface area contributed by atoms with Crippen LogP contribution >= 0.6 is 0 Å². The standard InChI is InChI=1S/C17H26N2O2/c1-4-15(10-13(2)3)18-19-16(12-21-17(19)20)11-14-8-6-5-7-9-14/h5-9,13,15-16,18H,4,10-12H2,1-3H3/t15-,16-/m0/s1. The average Bonchev–Trinajstić information content (AvgIpc) is 2.80. The van der Waals surface area contributed by atoms with Gasteiger partial charge in [-0.25, -0.2) is 15.2 Å². The van der Waals surface area contributed by atoms with Crippen LogP contribution in [0.2, 0.25) is 0 Å². The van der Waals surface area contributed by atoms with Crippen molar-refractivity contribution in [2.75, 3.05) is 6.61 Å². The Morgan fingerprint density at radius 3 is 2.67 bits per heavy atom. The number of hydrogen-bond acceptors (Lipinski definition) is 3. The molecule has 0 aliphatic carbocycles. The predicted octanol–water partition coefficient (Wildman–Crippen LogP) is 3.38. The van der Waals surface area contributed by atoms with Gasteiger partial charge >= 0.3 is 6.09 Å². The van der Waals surface area contributed by atoms with Crippen LogP contribution in [0.25, 0.3) is 0 Å². The third-order valence-corrected chi connectivity index (χ3v) is 3.85. The fourth-order valence-corrected chi connectivity index (χ4v) is 2.73. The summed E-state index contributed by atoms with van der Waals surface area (Å²) < 4.78 is 5.23. The van der Waals surface area contributed by atoms with E-state index in [2.05, 4.69) is 38.3 Å². The molecule has 21 heavy (non-hydrogen) atoms. The Morgan fingerprint density at radius 2 is 2.05 bits per heavy atom. The number of benzene rings is 1. The molecule has 0 unspecified atom stereocenters. The summed E-state index contributed by atoms with van der Waals surface area (Å²) in [4.78, 5) is 12.0. The van der Waals surface area contributed by atoms with E-state index in [0.717, 1.165) is 19.3 Å². The molecule has 4 heteroatoms. The van der Waals surface area contributed by atoms with E-state index in [1.165, 1.54) is 5.56 Å². The van der Waals surface area contributed by atoms with Crippen LogP contribution in [0.1, 0.15) is 39.2 Å². The molecule has 0 aromatic heterocycles. The van der Waals surface area contributed by atoms with Gasteiger partial charge in [0.2, 0.25) is 0 Å². The van der Waals surface area contributed by atoms with E-state index >= 15 is 0 Å². The molecule has 0 radical (unpaired) electrons. The first kappa shape index (κ1) is 15.8. The minimum absolute atomic E-state index is 0.0705. The zero-order chi connectivity index (χ0) is 15.2. The van der Waals surface area contributed by atoms with E-state index < -0.39 is 0 Å². The van der Waals surface area contributed by atoms with Crippen LogP contribution in [0.5, 0.6) is 0 Å². The summed E-state index contributed by atoms with van der Waals surface area (Å²) in [5.41, 5.74) is 4.60. The van der Waals surface area contributed by atoms with Gasteiger partial charge in [0.1, 0.15) is 6.61 Å². The molecule has 2 atom stereocenters. The Bertz CT molecular complexity index is 447. The van der Waals surface area contributed by atoms with Gasteiger partial charge in [0.25, 0.3) is 0 Å². The Morgan fingerprint density at radius 1 is 1.33 bits per heavy atom. The Kier molecular flexibility index (Phi) is 5.62. The molecule has 0 bridgehead atoms. The third kappa shape index (κ3) is 4.46. The molecular formula is C17H26N2O2. The normalized spacial score (nSPS) is 19.9. The van der Waals surface area contributed by atoms with Gasteiger partial charge in [-0.2, -0.15) is 0 Å². The molecule has 116 valence electrons. The second kappa shape index (κ2) is 7.46. The number of nitrogens with one attached hydrogen (secondary N) is 1.